The van der Waals surface area contributed by atoms with Crippen LogP contribution in [0.2, 0.25) is 0 Å². The molecule has 0 fully saturated rings. The number of imidazole rings is 2. The van der Waals surface area contributed by atoms with E-state index in [1.54, 1.807) is 12.1 Å². The topological polar surface area (TPSA) is 158 Å². The van der Waals surface area contributed by atoms with Crippen molar-refractivity contribution >= 4 is 28.0 Å². The highest BCUT2D eigenvalue weighted by Gasteiger charge is 2.20. The maximum Gasteiger partial charge on any atom is 0.519 e. The van der Waals surface area contributed by atoms with Crippen LogP contribution in [0, 0.1) is 17.0 Å². The van der Waals surface area contributed by atoms with Gasteiger partial charge in [-0.1, -0.05) is 67.9 Å². The Morgan fingerprint density at radius 2 is 1.64 bits per heavy atom. The van der Waals surface area contributed by atoms with Crippen molar-refractivity contribution in [3.05, 3.63) is 140 Å². The van der Waals surface area contributed by atoms with Crippen molar-refractivity contribution in [2.45, 2.75) is 65.5 Å². The van der Waals surface area contributed by atoms with Gasteiger partial charge in [0.1, 0.15) is 11.6 Å². The maximum absolute atomic E-state index is 13.4. The van der Waals surface area contributed by atoms with Crippen molar-refractivity contribution in [3.8, 4) is 22.5 Å². The van der Waals surface area contributed by atoms with Gasteiger partial charge >= 0.3 is 11.8 Å². The lowest BCUT2D eigenvalue weighted by Crippen LogP contribution is -2.08. The van der Waals surface area contributed by atoms with E-state index in [-0.39, 0.29) is 24.7 Å². The van der Waals surface area contributed by atoms with E-state index in [4.69, 9.17) is 23.5 Å². The van der Waals surface area contributed by atoms with Gasteiger partial charge in [-0.25, -0.2) is 19.6 Å². The third-order valence-corrected chi connectivity index (χ3v) is 9.70. The van der Waals surface area contributed by atoms with E-state index >= 15 is 0 Å². The van der Waals surface area contributed by atoms with Gasteiger partial charge < -0.3 is 27.5 Å². The molecule has 3 aromatic heterocycles. The van der Waals surface area contributed by atoms with Gasteiger partial charge in [0.05, 0.1) is 34.2 Å². The van der Waals surface area contributed by atoms with E-state index in [0.717, 1.165) is 68.8 Å². The number of aryl methyl sites for hydroxylation is 4. The third-order valence-electron chi connectivity index (χ3n) is 9.70. The molecule has 13 nitrogen and oxygen atoms in total. The van der Waals surface area contributed by atoms with Crippen molar-refractivity contribution in [3.63, 3.8) is 0 Å². The Balaban J connectivity index is 1.08. The first-order valence-corrected chi connectivity index (χ1v) is 18.4. The molecule has 0 aliphatic heterocycles. The number of carbonyl (C=O) groups excluding carboxylic acids is 1. The first kappa shape index (κ1) is 36.8. The minimum atomic E-state index is -0.888. The molecule has 3 heterocycles. The summed E-state index contributed by atoms with van der Waals surface area (Å²) < 4.78 is 20.4. The molecule has 13 heteroatoms. The van der Waals surface area contributed by atoms with E-state index in [2.05, 4.69) is 58.2 Å². The summed E-state index contributed by atoms with van der Waals surface area (Å²) in [4.78, 5) is 50.0. The van der Waals surface area contributed by atoms with E-state index in [1.165, 1.54) is 0 Å². The number of para-hydroxylation sites is 2. The Morgan fingerprint density at radius 3 is 2.42 bits per heavy atom. The lowest BCUT2D eigenvalue weighted by molar-refractivity contribution is -0.757. The number of nitrogens with zero attached hydrogens (tertiary/aromatic N) is 5. The van der Waals surface area contributed by atoms with Gasteiger partial charge in [-0.3, -0.25) is 0 Å². The van der Waals surface area contributed by atoms with Crippen LogP contribution >= 0.6 is 0 Å². The van der Waals surface area contributed by atoms with Crippen molar-refractivity contribution in [1.82, 2.24) is 19.1 Å². The molecule has 282 valence electrons. The molecule has 0 atom stereocenters. The second kappa shape index (κ2) is 16.3. The second-order valence-corrected chi connectivity index (χ2v) is 13.5. The summed E-state index contributed by atoms with van der Waals surface area (Å²) in [5, 5.41) is 9.49. The van der Waals surface area contributed by atoms with Crippen LogP contribution in [0.25, 0.3) is 44.6 Å². The van der Waals surface area contributed by atoms with Gasteiger partial charge in [-0.2, -0.15) is 0 Å². The second-order valence-electron chi connectivity index (χ2n) is 13.5. The van der Waals surface area contributed by atoms with Crippen molar-refractivity contribution < 1.29 is 28.3 Å². The summed E-state index contributed by atoms with van der Waals surface area (Å²) in [6, 6.07) is 27.8. The molecule has 0 radical (unpaired) electrons. The van der Waals surface area contributed by atoms with Crippen molar-refractivity contribution in [2.24, 2.45) is 7.05 Å². The highest BCUT2D eigenvalue weighted by molar-refractivity contribution is 5.97. The van der Waals surface area contributed by atoms with E-state index in [0.29, 0.717) is 43.4 Å². The smallest absolute Gasteiger partial charge is 0.454 e. The lowest BCUT2D eigenvalue weighted by Gasteiger charge is -2.13. The molecule has 4 aromatic carbocycles. The summed E-state index contributed by atoms with van der Waals surface area (Å²) in [5.41, 5.74) is 9.20. The number of ether oxygens (including phenoxy) is 1. The number of esters is 1. The third kappa shape index (κ3) is 8.05. The minimum absolute atomic E-state index is 0.0115. The number of benzene rings is 4. The van der Waals surface area contributed by atoms with Gasteiger partial charge in [-0.15, -0.1) is 10.1 Å². The molecule has 0 bridgehead atoms. The number of aromatic nitrogens is 4. The largest absolute Gasteiger partial charge is 0.519 e. The average molecular weight is 744 g/mol. The van der Waals surface area contributed by atoms with Gasteiger partial charge in [0, 0.05) is 32.0 Å². The predicted octanol–water partition coefficient (Wildman–Crippen LogP) is 8.39. The average Bonchev–Trinajstić information content (AvgIpc) is 3.84. The van der Waals surface area contributed by atoms with Crippen LogP contribution in [0.5, 0.6) is 0 Å². The van der Waals surface area contributed by atoms with Crippen LogP contribution in [0.15, 0.2) is 98.6 Å². The number of hydrogen-bond acceptors (Lipinski definition) is 10. The SMILES string of the molecule is CCCc1nc2c(C)cc(-c3nc4ccccc4n3C)cc2n1Cc1ccc(-c2ccccc2C(=O)OCc2oc(=O)oc2CCCCCO[N+](=O)[O-])cc1. The number of hydrogen-bond donors (Lipinski definition) is 0. The van der Waals surface area contributed by atoms with Crippen molar-refractivity contribution in [2.75, 3.05) is 6.61 Å². The predicted molar refractivity (Wildman–Crippen MR) is 206 cm³/mol. The molecule has 7 aromatic rings. The van der Waals surface area contributed by atoms with Crippen LogP contribution < -0.4 is 5.82 Å². The molecule has 0 unspecified atom stereocenters. The minimum Gasteiger partial charge on any atom is -0.454 e. The van der Waals surface area contributed by atoms with Gasteiger partial charge in [-0.05, 0) is 78.8 Å². The lowest BCUT2D eigenvalue weighted by atomic mass is 9.98. The fourth-order valence-corrected chi connectivity index (χ4v) is 7.00. The normalized spacial score (nSPS) is 11.4. The highest BCUT2D eigenvalue weighted by atomic mass is 16.9. The highest BCUT2D eigenvalue weighted by Crippen LogP contribution is 2.31. The molecule has 0 spiro atoms. The maximum atomic E-state index is 13.4. The monoisotopic (exact) mass is 743 g/mol. The Kier molecular flexibility index (Phi) is 10.9. The summed E-state index contributed by atoms with van der Waals surface area (Å²) in [6.45, 7) is 4.58. The molecule has 0 aliphatic carbocycles. The molecule has 0 N–H and O–H groups in total. The van der Waals surface area contributed by atoms with Crippen LogP contribution in [0.1, 0.15) is 71.4 Å². The summed E-state index contributed by atoms with van der Waals surface area (Å²) in [6.07, 6.45) is 3.80. The van der Waals surface area contributed by atoms with Crippen LogP contribution in [0.3, 0.4) is 0 Å². The Labute approximate surface area is 316 Å². The Morgan fingerprint density at radius 1 is 0.873 bits per heavy atom. The van der Waals surface area contributed by atoms with Gasteiger partial charge in [0.15, 0.2) is 18.1 Å². The molecular weight excluding hydrogens is 702 g/mol. The quantitative estimate of drug-likeness (QED) is 0.0407. The number of carbonyl (C=O) groups is 1. The standard InChI is InChI=1S/C42H41N5O8/c1-4-12-38-44-39-27(2)23-30(40-43-33-15-9-10-16-34(33)45(40)3)24-35(39)46(38)25-28-18-20-29(21-19-28)31-13-7-8-14-32(31)41(48)52-26-37-36(54-42(49)55-37)17-6-5-11-22-53-47(50)51/h7-10,13-16,18-21,23-24H,4-6,11-12,17,22,25-26H2,1-3H3. The zero-order valence-electron chi connectivity index (χ0n) is 30.9. The van der Waals surface area contributed by atoms with E-state index in [1.807, 2.05) is 49.5 Å². The molecule has 0 amide bonds. The summed E-state index contributed by atoms with van der Waals surface area (Å²) in [7, 11) is 2.05. The molecule has 55 heavy (non-hydrogen) atoms. The van der Waals surface area contributed by atoms with E-state index in [9.17, 15) is 19.7 Å². The molecular formula is C42H41N5O8. The van der Waals surface area contributed by atoms with E-state index < -0.39 is 16.9 Å². The Hall–Kier alpha value is -6.50. The van der Waals surface area contributed by atoms with Crippen LogP contribution in [-0.2, 0) is 42.6 Å². The van der Waals surface area contributed by atoms with Crippen LogP contribution in [-0.4, -0.2) is 36.8 Å². The number of fused-ring (bicyclic) bond motifs is 2. The first-order chi connectivity index (χ1) is 26.7. The van der Waals surface area contributed by atoms with Crippen LogP contribution in [0.4, 0.5) is 0 Å². The zero-order valence-corrected chi connectivity index (χ0v) is 30.9. The molecule has 0 aliphatic rings. The van der Waals surface area contributed by atoms with Crippen molar-refractivity contribution in [1.29, 1.82) is 0 Å². The van der Waals surface area contributed by atoms with Gasteiger partial charge in [0.2, 0.25) is 0 Å². The molecule has 0 saturated carbocycles. The van der Waals surface area contributed by atoms with Gasteiger partial charge in [0.25, 0.3) is 5.09 Å². The zero-order chi connectivity index (χ0) is 38.5. The number of unbranched alkanes of at least 4 members (excludes halogenated alkanes) is 2. The molecule has 7 rings (SSSR count). The molecule has 0 saturated heterocycles. The fraction of sp³-hybridized carbons (Fsp3) is 0.286. The first-order valence-electron chi connectivity index (χ1n) is 18.4. The fourth-order valence-electron chi connectivity index (χ4n) is 7.00. The summed E-state index contributed by atoms with van der Waals surface area (Å²) in [5.74, 6) is 0.878. The Bertz CT molecular complexity index is 2540. The summed E-state index contributed by atoms with van der Waals surface area (Å²) >= 11 is 0. The number of rotatable bonds is 16.